The molecule has 1 amide bonds. The van der Waals surface area contributed by atoms with E-state index >= 15 is 0 Å². The van der Waals surface area contributed by atoms with Crippen LogP contribution in [0, 0.1) is 5.92 Å². The van der Waals surface area contributed by atoms with E-state index in [0.717, 1.165) is 36.5 Å². The maximum atomic E-state index is 12.7. The number of amides is 1. The third-order valence-corrected chi connectivity index (χ3v) is 5.24. The predicted molar refractivity (Wildman–Crippen MR) is 106 cm³/mol. The largest absolute Gasteiger partial charge is 0.485 e. The van der Waals surface area contributed by atoms with Gasteiger partial charge in [0.05, 0.1) is 11.3 Å². The molecule has 0 spiro atoms. The first-order valence-electron chi connectivity index (χ1n) is 9.86. The zero-order chi connectivity index (χ0) is 21.5. The number of ether oxygens (including phenoxy) is 1. The van der Waals surface area contributed by atoms with Crippen LogP contribution in [0.1, 0.15) is 36.6 Å². The molecule has 1 fully saturated rings. The summed E-state index contributed by atoms with van der Waals surface area (Å²) in [7, 11) is 1.76. The third-order valence-electron chi connectivity index (χ3n) is 5.24. The number of rotatable bonds is 6. The first kappa shape index (κ1) is 20.3. The Balaban J connectivity index is 1.60. The van der Waals surface area contributed by atoms with E-state index in [2.05, 4.69) is 4.98 Å². The Bertz CT molecular complexity index is 1070. The van der Waals surface area contributed by atoms with Crippen molar-refractivity contribution in [3.8, 4) is 5.75 Å². The summed E-state index contributed by atoms with van der Waals surface area (Å²) in [6.07, 6.45) is -0.0421. The number of pyridine rings is 1. The zero-order valence-electron chi connectivity index (χ0n) is 16.7. The second kappa shape index (κ2) is 7.66. The summed E-state index contributed by atoms with van der Waals surface area (Å²) in [6, 6.07) is 8.45. The molecule has 8 heteroatoms. The lowest BCUT2D eigenvalue weighted by Crippen LogP contribution is -2.29. The summed E-state index contributed by atoms with van der Waals surface area (Å²) in [6.45, 7) is 2.09. The fourth-order valence-corrected chi connectivity index (χ4v) is 3.44. The number of hydrogen-bond donors (Lipinski definition) is 0. The number of aryl methyl sites for hydroxylation is 1. The van der Waals surface area contributed by atoms with Crippen LogP contribution in [0.3, 0.4) is 0 Å². The molecule has 3 aromatic rings. The Labute approximate surface area is 172 Å². The van der Waals surface area contributed by atoms with Gasteiger partial charge in [-0.25, -0.2) is 4.98 Å². The molecule has 1 aliphatic carbocycles. The highest BCUT2D eigenvalue weighted by Crippen LogP contribution is 2.35. The summed E-state index contributed by atoms with van der Waals surface area (Å²) in [5.74, 6) is 1.40. The fraction of sp³-hybridized carbons (Fsp3) is 0.364. The molecule has 2 aromatic heterocycles. The van der Waals surface area contributed by atoms with E-state index in [-0.39, 0.29) is 18.4 Å². The van der Waals surface area contributed by atoms with Gasteiger partial charge in [-0.15, -0.1) is 0 Å². The van der Waals surface area contributed by atoms with Crippen molar-refractivity contribution < 1.29 is 22.7 Å². The molecule has 0 radical (unpaired) electrons. The molecule has 0 unspecified atom stereocenters. The van der Waals surface area contributed by atoms with Crippen molar-refractivity contribution in [1.82, 2.24) is 9.38 Å². The molecule has 1 saturated carbocycles. The number of carbonyl (C=O) groups excluding carboxylic acids is 1. The van der Waals surface area contributed by atoms with Crippen molar-refractivity contribution in [2.45, 2.75) is 39.0 Å². The van der Waals surface area contributed by atoms with E-state index in [4.69, 9.17) is 4.74 Å². The number of alkyl halides is 3. The van der Waals surface area contributed by atoms with Gasteiger partial charge in [0.2, 0.25) is 5.91 Å². The first-order valence-corrected chi connectivity index (χ1v) is 9.86. The minimum atomic E-state index is -4.36. The maximum Gasteiger partial charge on any atom is 0.416 e. The average molecular weight is 417 g/mol. The molecule has 30 heavy (non-hydrogen) atoms. The molecule has 4 rings (SSSR count). The highest BCUT2D eigenvalue weighted by molar-refractivity contribution is 5.96. The normalized spacial score (nSPS) is 14.2. The average Bonchev–Trinajstić information content (AvgIpc) is 3.50. The molecule has 0 bridgehead atoms. The van der Waals surface area contributed by atoms with Gasteiger partial charge in [-0.05, 0) is 49.1 Å². The van der Waals surface area contributed by atoms with Gasteiger partial charge in [-0.2, -0.15) is 13.2 Å². The Hall–Kier alpha value is -3.03. The molecule has 1 aliphatic rings. The van der Waals surface area contributed by atoms with Crippen molar-refractivity contribution in [3.05, 3.63) is 59.4 Å². The standard InChI is InChI=1S/C22H22F3N3O2/c1-3-17-20(27(2)21(29)15-8-9-15)28-12-4-5-18(19(28)26-17)30-13-14-6-10-16(11-7-14)22(23,24)25/h4-7,10-12,15H,3,8-9,13H2,1-2H3. The van der Waals surface area contributed by atoms with Crippen LogP contribution >= 0.6 is 0 Å². The smallest absolute Gasteiger partial charge is 0.416 e. The SMILES string of the molecule is CCc1nc2c(OCc3ccc(C(F)(F)F)cc3)cccn2c1N(C)C(=O)C1CC1. The molecule has 158 valence electrons. The van der Waals surface area contributed by atoms with E-state index in [9.17, 15) is 18.0 Å². The van der Waals surface area contributed by atoms with Gasteiger partial charge >= 0.3 is 6.18 Å². The van der Waals surface area contributed by atoms with Crippen molar-refractivity contribution >= 4 is 17.4 Å². The van der Waals surface area contributed by atoms with Crippen LogP contribution in [0.5, 0.6) is 5.75 Å². The fourth-order valence-electron chi connectivity index (χ4n) is 3.44. The van der Waals surface area contributed by atoms with Crippen LogP contribution in [0.15, 0.2) is 42.6 Å². The van der Waals surface area contributed by atoms with Crippen molar-refractivity contribution in [3.63, 3.8) is 0 Å². The number of anilines is 1. The monoisotopic (exact) mass is 417 g/mol. The van der Waals surface area contributed by atoms with Gasteiger partial charge in [0.25, 0.3) is 0 Å². The van der Waals surface area contributed by atoms with E-state index in [1.54, 1.807) is 24.1 Å². The van der Waals surface area contributed by atoms with E-state index in [1.807, 2.05) is 17.5 Å². The van der Waals surface area contributed by atoms with Crippen LogP contribution in [-0.2, 0) is 24.0 Å². The van der Waals surface area contributed by atoms with Crippen LogP contribution in [-0.4, -0.2) is 22.3 Å². The number of nitrogens with zero attached hydrogens (tertiary/aromatic N) is 3. The number of hydrogen-bond acceptors (Lipinski definition) is 3. The van der Waals surface area contributed by atoms with E-state index < -0.39 is 11.7 Å². The predicted octanol–water partition coefficient (Wildman–Crippen LogP) is 4.87. The topological polar surface area (TPSA) is 46.8 Å². The minimum Gasteiger partial charge on any atom is -0.485 e. The zero-order valence-corrected chi connectivity index (χ0v) is 16.7. The summed E-state index contributed by atoms with van der Waals surface area (Å²) in [5.41, 5.74) is 1.29. The van der Waals surface area contributed by atoms with Crippen molar-refractivity contribution in [1.29, 1.82) is 0 Å². The number of benzene rings is 1. The quantitative estimate of drug-likeness (QED) is 0.575. The summed E-state index contributed by atoms with van der Waals surface area (Å²) in [5, 5.41) is 0. The Morgan fingerprint density at radius 3 is 2.53 bits per heavy atom. The van der Waals surface area contributed by atoms with Gasteiger partial charge in [-0.1, -0.05) is 19.1 Å². The molecule has 1 aromatic carbocycles. The van der Waals surface area contributed by atoms with Gasteiger partial charge in [0, 0.05) is 19.2 Å². The lowest BCUT2D eigenvalue weighted by molar-refractivity contribution is -0.137. The molecule has 0 aliphatic heterocycles. The first-order chi connectivity index (χ1) is 14.3. The van der Waals surface area contributed by atoms with E-state index in [1.165, 1.54) is 12.1 Å². The van der Waals surface area contributed by atoms with Gasteiger partial charge in [0.1, 0.15) is 12.4 Å². The van der Waals surface area contributed by atoms with Gasteiger partial charge < -0.3 is 4.74 Å². The molecule has 5 nitrogen and oxygen atoms in total. The maximum absolute atomic E-state index is 12.7. The molecule has 0 N–H and O–H groups in total. The number of aromatic nitrogens is 2. The highest BCUT2D eigenvalue weighted by atomic mass is 19.4. The number of fused-ring (bicyclic) bond motifs is 1. The van der Waals surface area contributed by atoms with Crippen LogP contribution in [0.25, 0.3) is 5.65 Å². The molecule has 2 heterocycles. The Morgan fingerprint density at radius 1 is 1.23 bits per heavy atom. The van der Waals surface area contributed by atoms with Gasteiger partial charge in [-0.3, -0.25) is 14.1 Å². The highest BCUT2D eigenvalue weighted by Gasteiger charge is 2.34. The number of imidazole rings is 1. The lowest BCUT2D eigenvalue weighted by atomic mass is 10.1. The number of halogens is 3. The summed E-state index contributed by atoms with van der Waals surface area (Å²) in [4.78, 5) is 18.9. The molecule has 0 atom stereocenters. The minimum absolute atomic E-state index is 0.0857. The Kier molecular flexibility index (Phi) is 5.17. The van der Waals surface area contributed by atoms with E-state index in [0.29, 0.717) is 23.4 Å². The summed E-state index contributed by atoms with van der Waals surface area (Å²) < 4.78 is 45.9. The van der Waals surface area contributed by atoms with Crippen LogP contribution in [0.4, 0.5) is 19.0 Å². The molecular formula is C22H22F3N3O2. The third kappa shape index (κ3) is 3.86. The lowest BCUT2D eigenvalue weighted by Gasteiger charge is -2.18. The van der Waals surface area contributed by atoms with Crippen molar-refractivity contribution in [2.24, 2.45) is 5.92 Å². The number of carbonyl (C=O) groups is 1. The molecular weight excluding hydrogens is 395 g/mol. The second-order valence-corrected chi connectivity index (χ2v) is 7.46. The Morgan fingerprint density at radius 2 is 1.93 bits per heavy atom. The van der Waals surface area contributed by atoms with Crippen LogP contribution in [0.2, 0.25) is 0 Å². The van der Waals surface area contributed by atoms with Gasteiger partial charge in [0.15, 0.2) is 11.4 Å². The van der Waals surface area contributed by atoms with Crippen LogP contribution < -0.4 is 9.64 Å². The molecule has 0 saturated heterocycles. The second-order valence-electron chi connectivity index (χ2n) is 7.46. The van der Waals surface area contributed by atoms with Crippen molar-refractivity contribution in [2.75, 3.05) is 11.9 Å². The summed E-state index contributed by atoms with van der Waals surface area (Å²) >= 11 is 0.